The summed E-state index contributed by atoms with van der Waals surface area (Å²) < 4.78 is 1.39. The van der Waals surface area contributed by atoms with Crippen molar-refractivity contribution in [2.75, 3.05) is 0 Å². The van der Waals surface area contributed by atoms with Gasteiger partial charge in [-0.25, -0.2) is 4.68 Å². The Morgan fingerprint density at radius 2 is 1.84 bits per heavy atom. The minimum atomic E-state index is -0.178. The van der Waals surface area contributed by atoms with Crippen LogP contribution in [-0.4, -0.2) is 21.6 Å². The van der Waals surface area contributed by atoms with Crippen LogP contribution in [0.2, 0.25) is 0 Å². The summed E-state index contributed by atoms with van der Waals surface area (Å²) >= 11 is 0. The van der Waals surface area contributed by atoms with Crippen LogP contribution < -0.4 is 5.32 Å². The van der Waals surface area contributed by atoms with Crippen molar-refractivity contribution in [3.05, 3.63) is 65.9 Å². The van der Waals surface area contributed by atoms with E-state index in [1.807, 2.05) is 62.4 Å². The Labute approximate surface area is 146 Å². The molecule has 1 amide bonds. The number of hydrogen-bond acceptors (Lipinski definition) is 3. The topological polar surface area (TPSA) is 64.0 Å². The average Bonchev–Trinajstić information content (AvgIpc) is 3.06. The molecule has 0 aliphatic rings. The summed E-state index contributed by atoms with van der Waals surface area (Å²) in [5.74, 6) is -0.319. The Hall–Kier alpha value is -2.95. The highest BCUT2D eigenvalue weighted by Gasteiger charge is 2.15. The van der Waals surface area contributed by atoms with Crippen LogP contribution in [-0.2, 0) is 4.79 Å². The molecule has 1 unspecified atom stereocenters. The first-order chi connectivity index (χ1) is 12.1. The highest BCUT2D eigenvalue weighted by atomic mass is 16.2. The molecule has 1 N–H and O–H groups in total. The molecule has 0 spiro atoms. The lowest BCUT2D eigenvalue weighted by atomic mass is 10.1. The molecule has 0 aliphatic heterocycles. The Balaban J connectivity index is 1.60. The molecular weight excluding hydrogens is 314 g/mol. The van der Waals surface area contributed by atoms with Crippen molar-refractivity contribution in [3.63, 3.8) is 0 Å². The van der Waals surface area contributed by atoms with Gasteiger partial charge in [-0.3, -0.25) is 9.59 Å². The minimum Gasteiger partial charge on any atom is -0.350 e. The SMILES string of the molecule is Cc1cccc2c1cnn2C(=O)CCC(=O)NC(C)c1ccccc1. The minimum absolute atomic E-state index is 0.0861. The standard InChI is InChI=1S/C20H21N3O2/c1-14-7-6-10-18-17(14)13-21-23(18)20(25)12-11-19(24)22-15(2)16-8-4-3-5-9-16/h3-10,13,15H,11-12H2,1-2H3,(H,22,24). The number of benzene rings is 2. The number of aromatic nitrogens is 2. The summed E-state index contributed by atoms with van der Waals surface area (Å²) in [7, 11) is 0. The van der Waals surface area contributed by atoms with Gasteiger partial charge in [-0.15, -0.1) is 0 Å². The number of hydrogen-bond donors (Lipinski definition) is 1. The Morgan fingerprint density at radius 3 is 2.60 bits per heavy atom. The number of amides is 1. The Kier molecular flexibility index (Phi) is 4.93. The number of fused-ring (bicyclic) bond motifs is 1. The van der Waals surface area contributed by atoms with E-state index in [1.165, 1.54) is 4.68 Å². The van der Waals surface area contributed by atoms with E-state index in [0.717, 1.165) is 22.0 Å². The highest BCUT2D eigenvalue weighted by molar-refractivity contribution is 5.93. The van der Waals surface area contributed by atoms with Crippen LogP contribution in [0.4, 0.5) is 0 Å². The molecule has 1 heterocycles. The van der Waals surface area contributed by atoms with Crippen molar-refractivity contribution in [2.45, 2.75) is 32.7 Å². The van der Waals surface area contributed by atoms with Gasteiger partial charge in [0.25, 0.3) is 0 Å². The largest absolute Gasteiger partial charge is 0.350 e. The van der Waals surface area contributed by atoms with Gasteiger partial charge in [0.05, 0.1) is 17.8 Å². The van der Waals surface area contributed by atoms with Crippen LogP contribution in [0.1, 0.15) is 41.7 Å². The normalized spacial score (nSPS) is 12.1. The first-order valence-electron chi connectivity index (χ1n) is 8.37. The van der Waals surface area contributed by atoms with Gasteiger partial charge >= 0.3 is 0 Å². The van der Waals surface area contributed by atoms with Gasteiger partial charge < -0.3 is 5.32 Å². The molecule has 5 heteroatoms. The van der Waals surface area contributed by atoms with Crippen molar-refractivity contribution in [2.24, 2.45) is 0 Å². The summed E-state index contributed by atoms with van der Waals surface area (Å²) in [6.07, 6.45) is 1.96. The van der Waals surface area contributed by atoms with E-state index in [4.69, 9.17) is 0 Å². The lowest BCUT2D eigenvalue weighted by molar-refractivity contribution is -0.121. The van der Waals surface area contributed by atoms with E-state index in [-0.39, 0.29) is 30.7 Å². The third-order valence-corrected chi connectivity index (χ3v) is 4.31. The predicted octanol–water partition coefficient (Wildman–Crippen LogP) is 3.64. The van der Waals surface area contributed by atoms with Crippen molar-refractivity contribution in [1.29, 1.82) is 0 Å². The molecule has 3 aromatic rings. The summed E-state index contributed by atoms with van der Waals surface area (Å²) in [5.41, 5.74) is 2.89. The smallest absolute Gasteiger partial charge is 0.247 e. The second-order valence-corrected chi connectivity index (χ2v) is 6.16. The van der Waals surface area contributed by atoms with Crippen LogP contribution in [0.15, 0.2) is 54.7 Å². The molecule has 2 aromatic carbocycles. The van der Waals surface area contributed by atoms with E-state index < -0.39 is 0 Å². The maximum absolute atomic E-state index is 12.4. The molecule has 3 rings (SSSR count). The maximum Gasteiger partial charge on any atom is 0.247 e. The Morgan fingerprint density at radius 1 is 1.08 bits per heavy atom. The van der Waals surface area contributed by atoms with Gasteiger partial charge in [-0.05, 0) is 31.0 Å². The van der Waals surface area contributed by atoms with Crippen molar-refractivity contribution in [3.8, 4) is 0 Å². The van der Waals surface area contributed by atoms with Gasteiger partial charge in [-0.2, -0.15) is 5.10 Å². The van der Waals surface area contributed by atoms with Crippen LogP contribution in [0, 0.1) is 6.92 Å². The molecule has 0 bridgehead atoms. The third-order valence-electron chi connectivity index (χ3n) is 4.31. The van der Waals surface area contributed by atoms with Crippen molar-refractivity contribution in [1.82, 2.24) is 15.1 Å². The molecule has 25 heavy (non-hydrogen) atoms. The summed E-state index contributed by atoms with van der Waals surface area (Å²) in [6, 6.07) is 15.4. The fourth-order valence-corrected chi connectivity index (χ4v) is 2.86. The second kappa shape index (κ2) is 7.30. The molecule has 1 atom stereocenters. The van der Waals surface area contributed by atoms with E-state index >= 15 is 0 Å². The van der Waals surface area contributed by atoms with Crippen LogP contribution in [0.5, 0.6) is 0 Å². The predicted molar refractivity (Wildman–Crippen MR) is 97.3 cm³/mol. The highest BCUT2D eigenvalue weighted by Crippen LogP contribution is 2.18. The third kappa shape index (κ3) is 3.76. The van der Waals surface area contributed by atoms with E-state index in [9.17, 15) is 9.59 Å². The van der Waals surface area contributed by atoms with Gasteiger partial charge in [0.2, 0.25) is 11.8 Å². The van der Waals surface area contributed by atoms with Crippen LogP contribution >= 0.6 is 0 Å². The summed E-state index contributed by atoms with van der Waals surface area (Å²) in [6.45, 7) is 3.91. The van der Waals surface area contributed by atoms with E-state index in [0.29, 0.717) is 0 Å². The Bertz CT molecular complexity index is 900. The zero-order chi connectivity index (χ0) is 17.8. The van der Waals surface area contributed by atoms with E-state index in [2.05, 4.69) is 10.4 Å². The molecule has 0 radical (unpaired) electrons. The van der Waals surface area contributed by atoms with Crippen LogP contribution in [0.3, 0.4) is 0 Å². The average molecular weight is 335 g/mol. The molecular formula is C20H21N3O2. The quantitative estimate of drug-likeness (QED) is 0.774. The number of carbonyl (C=O) groups is 2. The lowest BCUT2D eigenvalue weighted by Crippen LogP contribution is -2.27. The van der Waals surface area contributed by atoms with Gasteiger partial charge in [0.15, 0.2) is 0 Å². The summed E-state index contributed by atoms with van der Waals surface area (Å²) in [5, 5.41) is 8.06. The fraction of sp³-hybridized carbons (Fsp3) is 0.250. The number of nitrogens with zero attached hydrogens (tertiary/aromatic N) is 2. The number of aryl methyl sites for hydroxylation is 1. The molecule has 0 saturated heterocycles. The number of carbonyl (C=O) groups excluding carboxylic acids is 2. The van der Waals surface area contributed by atoms with Gasteiger partial charge in [0, 0.05) is 18.2 Å². The first-order valence-corrected chi connectivity index (χ1v) is 8.37. The molecule has 5 nitrogen and oxygen atoms in total. The first kappa shape index (κ1) is 16.9. The van der Waals surface area contributed by atoms with Gasteiger partial charge in [-0.1, -0.05) is 42.5 Å². The zero-order valence-corrected chi connectivity index (χ0v) is 14.4. The molecule has 0 saturated carbocycles. The molecule has 0 fully saturated rings. The zero-order valence-electron chi connectivity index (χ0n) is 14.4. The van der Waals surface area contributed by atoms with Gasteiger partial charge in [0.1, 0.15) is 0 Å². The molecule has 1 aromatic heterocycles. The number of rotatable bonds is 5. The monoisotopic (exact) mass is 335 g/mol. The van der Waals surface area contributed by atoms with Crippen molar-refractivity contribution >= 4 is 22.7 Å². The fourth-order valence-electron chi connectivity index (χ4n) is 2.86. The summed E-state index contributed by atoms with van der Waals surface area (Å²) in [4.78, 5) is 24.5. The number of nitrogens with one attached hydrogen (secondary N) is 1. The second-order valence-electron chi connectivity index (χ2n) is 6.16. The van der Waals surface area contributed by atoms with Crippen LogP contribution in [0.25, 0.3) is 10.9 Å². The van der Waals surface area contributed by atoms with E-state index in [1.54, 1.807) is 6.20 Å². The maximum atomic E-state index is 12.4. The molecule has 0 aliphatic carbocycles. The van der Waals surface area contributed by atoms with Crippen molar-refractivity contribution < 1.29 is 9.59 Å². The lowest BCUT2D eigenvalue weighted by Gasteiger charge is -2.14. The molecule has 128 valence electrons.